The van der Waals surface area contributed by atoms with Gasteiger partial charge in [-0.25, -0.2) is 9.07 Å². The lowest BCUT2D eigenvalue weighted by Gasteiger charge is -1.99. The molecule has 0 radical (unpaired) electrons. The third-order valence-corrected chi connectivity index (χ3v) is 2.14. The van der Waals surface area contributed by atoms with Crippen LogP contribution in [0, 0.1) is 12.7 Å². The molecule has 2 rings (SSSR count). The van der Waals surface area contributed by atoms with Crippen molar-refractivity contribution in [1.82, 2.24) is 9.78 Å². The van der Waals surface area contributed by atoms with E-state index >= 15 is 0 Å². The first kappa shape index (κ1) is 9.71. The summed E-state index contributed by atoms with van der Waals surface area (Å²) in [6, 6.07) is 6.14. The molecule has 0 aliphatic rings. The summed E-state index contributed by atoms with van der Waals surface area (Å²) in [6.45, 7) is 1.91. The van der Waals surface area contributed by atoms with Gasteiger partial charge in [0, 0.05) is 11.8 Å². The van der Waals surface area contributed by atoms with E-state index in [1.54, 1.807) is 23.9 Å². The summed E-state index contributed by atoms with van der Waals surface area (Å²) in [4.78, 5) is 0. The molecule has 15 heavy (non-hydrogen) atoms. The fourth-order valence-electron chi connectivity index (χ4n) is 1.37. The van der Waals surface area contributed by atoms with E-state index in [9.17, 15) is 4.39 Å². The molecule has 0 unspecified atom stereocenters. The standard InChI is InChI=1S/C11H11FN2O/c1-8-7-14(13-11(8)15-2)10-5-3-9(12)4-6-10/h3-7H,1-2H3. The predicted molar refractivity (Wildman–Crippen MR) is 54.8 cm³/mol. The smallest absolute Gasteiger partial charge is 0.235 e. The van der Waals surface area contributed by atoms with E-state index in [2.05, 4.69) is 5.10 Å². The van der Waals surface area contributed by atoms with Gasteiger partial charge in [-0.2, -0.15) is 0 Å². The monoisotopic (exact) mass is 206 g/mol. The molecule has 78 valence electrons. The molecular formula is C11H11FN2O. The van der Waals surface area contributed by atoms with Gasteiger partial charge in [-0.1, -0.05) is 0 Å². The predicted octanol–water partition coefficient (Wildman–Crippen LogP) is 2.33. The van der Waals surface area contributed by atoms with Gasteiger partial charge in [-0.3, -0.25) is 0 Å². The molecule has 0 aliphatic heterocycles. The van der Waals surface area contributed by atoms with Crippen LogP contribution >= 0.6 is 0 Å². The van der Waals surface area contributed by atoms with Crippen LogP contribution in [0.25, 0.3) is 5.69 Å². The number of ether oxygens (including phenoxy) is 1. The molecule has 2 aromatic rings. The second kappa shape index (κ2) is 3.73. The van der Waals surface area contributed by atoms with Gasteiger partial charge in [0.2, 0.25) is 5.88 Å². The van der Waals surface area contributed by atoms with Crippen molar-refractivity contribution in [1.29, 1.82) is 0 Å². The molecule has 1 aromatic heterocycles. The van der Waals surface area contributed by atoms with Gasteiger partial charge in [-0.15, -0.1) is 5.10 Å². The van der Waals surface area contributed by atoms with E-state index in [4.69, 9.17) is 4.74 Å². The van der Waals surface area contributed by atoms with E-state index in [-0.39, 0.29) is 5.82 Å². The van der Waals surface area contributed by atoms with Gasteiger partial charge in [0.05, 0.1) is 12.8 Å². The highest BCUT2D eigenvalue weighted by Crippen LogP contribution is 2.17. The Labute approximate surface area is 87.1 Å². The maximum absolute atomic E-state index is 12.7. The number of methoxy groups -OCH3 is 1. The minimum atomic E-state index is -0.255. The quantitative estimate of drug-likeness (QED) is 0.754. The Balaban J connectivity index is 2.41. The summed E-state index contributed by atoms with van der Waals surface area (Å²) >= 11 is 0. The fourth-order valence-corrected chi connectivity index (χ4v) is 1.37. The van der Waals surface area contributed by atoms with Gasteiger partial charge in [0.1, 0.15) is 5.82 Å². The summed E-state index contributed by atoms with van der Waals surface area (Å²) in [5.74, 6) is 0.328. The second-order valence-electron chi connectivity index (χ2n) is 3.24. The number of hydrogen-bond donors (Lipinski definition) is 0. The molecule has 0 atom stereocenters. The van der Waals surface area contributed by atoms with Gasteiger partial charge in [-0.05, 0) is 31.2 Å². The molecule has 1 heterocycles. The van der Waals surface area contributed by atoms with Crippen molar-refractivity contribution in [2.45, 2.75) is 6.92 Å². The zero-order valence-electron chi connectivity index (χ0n) is 8.57. The molecule has 0 aliphatic carbocycles. The molecule has 0 bridgehead atoms. The fraction of sp³-hybridized carbons (Fsp3) is 0.182. The molecule has 0 saturated carbocycles. The van der Waals surface area contributed by atoms with Crippen molar-refractivity contribution in [2.24, 2.45) is 0 Å². The van der Waals surface area contributed by atoms with E-state index in [1.165, 1.54) is 12.1 Å². The number of rotatable bonds is 2. The van der Waals surface area contributed by atoms with Crippen LogP contribution in [-0.4, -0.2) is 16.9 Å². The molecule has 1 aromatic carbocycles. The largest absolute Gasteiger partial charge is 0.480 e. The summed E-state index contributed by atoms with van der Waals surface area (Å²) < 4.78 is 19.4. The minimum Gasteiger partial charge on any atom is -0.480 e. The number of hydrogen-bond acceptors (Lipinski definition) is 2. The third-order valence-electron chi connectivity index (χ3n) is 2.14. The number of halogens is 1. The number of nitrogens with zero attached hydrogens (tertiary/aromatic N) is 2. The lowest BCUT2D eigenvalue weighted by Crippen LogP contribution is -1.95. The highest BCUT2D eigenvalue weighted by molar-refractivity contribution is 5.34. The normalized spacial score (nSPS) is 10.3. The second-order valence-corrected chi connectivity index (χ2v) is 3.24. The Morgan fingerprint density at radius 1 is 1.27 bits per heavy atom. The summed E-state index contributed by atoms with van der Waals surface area (Å²) in [7, 11) is 1.57. The number of benzene rings is 1. The lowest BCUT2D eigenvalue weighted by molar-refractivity contribution is 0.391. The van der Waals surface area contributed by atoms with Crippen LogP contribution in [0.1, 0.15) is 5.56 Å². The van der Waals surface area contributed by atoms with Gasteiger partial charge >= 0.3 is 0 Å². The van der Waals surface area contributed by atoms with Gasteiger partial charge < -0.3 is 4.74 Å². The Morgan fingerprint density at radius 3 is 2.47 bits per heavy atom. The Kier molecular flexibility index (Phi) is 2.41. The van der Waals surface area contributed by atoms with Crippen LogP contribution in [0.4, 0.5) is 4.39 Å². The highest BCUT2D eigenvalue weighted by atomic mass is 19.1. The average Bonchev–Trinajstić information content (AvgIpc) is 2.61. The van der Waals surface area contributed by atoms with Crippen LogP contribution in [0.5, 0.6) is 5.88 Å². The summed E-state index contributed by atoms with van der Waals surface area (Å²) in [5.41, 5.74) is 1.75. The third kappa shape index (κ3) is 1.83. The molecule has 3 nitrogen and oxygen atoms in total. The van der Waals surface area contributed by atoms with Gasteiger partial charge in [0.25, 0.3) is 0 Å². The first-order chi connectivity index (χ1) is 7.20. The molecule has 4 heteroatoms. The van der Waals surface area contributed by atoms with Crippen LogP contribution in [0.15, 0.2) is 30.5 Å². The number of aryl methyl sites for hydroxylation is 1. The first-order valence-electron chi connectivity index (χ1n) is 4.57. The number of aromatic nitrogens is 2. The lowest BCUT2D eigenvalue weighted by atomic mass is 10.3. The van der Waals surface area contributed by atoms with E-state index in [0.717, 1.165) is 11.3 Å². The van der Waals surface area contributed by atoms with Gasteiger partial charge in [0.15, 0.2) is 0 Å². The molecule has 0 N–H and O–H groups in total. The Bertz CT molecular complexity index is 462. The van der Waals surface area contributed by atoms with Crippen LogP contribution in [0.2, 0.25) is 0 Å². The van der Waals surface area contributed by atoms with Crippen LogP contribution < -0.4 is 4.74 Å². The molecule has 0 amide bonds. The van der Waals surface area contributed by atoms with Crippen LogP contribution in [-0.2, 0) is 0 Å². The molecule has 0 saturated heterocycles. The summed E-state index contributed by atoms with van der Waals surface area (Å²) in [6.07, 6.45) is 1.84. The van der Waals surface area contributed by atoms with Crippen LogP contribution in [0.3, 0.4) is 0 Å². The molecule has 0 fully saturated rings. The first-order valence-corrected chi connectivity index (χ1v) is 4.57. The van der Waals surface area contributed by atoms with Crippen molar-refractivity contribution < 1.29 is 9.13 Å². The molecular weight excluding hydrogens is 195 g/mol. The van der Waals surface area contributed by atoms with Crippen molar-refractivity contribution in [3.05, 3.63) is 41.8 Å². The van der Waals surface area contributed by atoms with Crippen molar-refractivity contribution >= 4 is 0 Å². The molecule has 0 spiro atoms. The van der Waals surface area contributed by atoms with Crippen molar-refractivity contribution in [3.63, 3.8) is 0 Å². The average molecular weight is 206 g/mol. The maximum atomic E-state index is 12.7. The Morgan fingerprint density at radius 2 is 1.93 bits per heavy atom. The zero-order chi connectivity index (χ0) is 10.8. The topological polar surface area (TPSA) is 27.1 Å². The van der Waals surface area contributed by atoms with E-state index < -0.39 is 0 Å². The minimum absolute atomic E-state index is 0.255. The Hall–Kier alpha value is -1.84. The summed E-state index contributed by atoms with van der Waals surface area (Å²) in [5, 5.41) is 4.20. The highest BCUT2D eigenvalue weighted by Gasteiger charge is 2.05. The SMILES string of the molecule is COc1nn(-c2ccc(F)cc2)cc1C. The van der Waals surface area contributed by atoms with E-state index in [1.807, 2.05) is 13.1 Å². The van der Waals surface area contributed by atoms with Crippen molar-refractivity contribution in [2.75, 3.05) is 7.11 Å². The maximum Gasteiger partial charge on any atom is 0.235 e. The van der Waals surface area contributed by atoms with Crippen molar-refractivity contribution in [3.8, 4) is 11.6 Å². The van der Waals surface area contributed by atoms with E-state index in [0.29, 0.717) is 5.88 Å². The zero-order valence-corrected chi connectivity index (χ0v) is 8.57.